The lowest BCUT2D eigenvalue weighted by Gasteiger charge is -2.34. The summed E-state index contributed by atoms with van der Waals surface area (Å²) in [7, 11) is 0. The molecule has 0 bridgehead atoms. The number of carbonyl (C=O) groups is 2. The Labute approximate surface area is 133 Å². The molecule has 10 nitrogen and oxygen atoms in total. The van der Waals surface area contributed by atoms with Crippen LogP contribution in [0.4, 0.5) is 4.79 Å². The van der Waals surface area contributed by atoms with Crippen molar-refractivity contribution < 1.29 is 14.3 Å². The molecule has 0 aromatic heterocycles. The van der Waals surface area contributed by atoms with E-state index in [1.54, 1.807) is 20.8 Å². The van der Waals surface area contributed by atoms with E-state index < -0.39 is 17.7 Å². The van der Waals surface area contributed by atoms with Crippen LogP contribution in [-0.2, 0) is 9.53 Å². The Morgan fingerprint density at radius 3 is 2.35 bits per heavy atom. The van der Waals surface area contributed by atoms with Crippen molar-refractivity contribution in [2.24, 2.45) is 22.1 Å². The van der Waals surface area contributed by atoms with E-state index in [-0.39, 0.29) is 37.1 Å². The molecule has 23 heavy (non-hydrogen) atoms. The van der Waals surface area contributed by atoms with Gasteiger partial charge in [0, 0.05) is 29.3 Å². The largest absolute Gasteiger partial charge is 0.444 e. The van der Waals surface area contributed by atoms with Gasteiger partial charge in [0.1, 0.15) is 5.60 Å². The van der Waals surface area contributed by atoms with Gasteiger partial charge >= 0.3 is 6.09 Å². The molecule has 1 aliphatic rings. The second kappa shape index (κ2) is 8.26. The van der Waals surface area contributed by atoms with E-state index in [1.165, 1.54) is 0 Å². The first-order chi connectivity index (χ1) is 10.8. The summed E-state index contributed by atoms with van der Waals surface area (Å²) in [6.45, 7) is 5.54. The summed E-state index contributed by atoms with van der Waals surface area (Å²) in [4.78, 5) is 29.4. The van der Waals surface area contributed by atoms with Crippen molar-refractivity contribution in [1.82, 2.24) is 5.32 Å². The van der Waals surface area contributed by atoms with Crippen LogP contribution < -0.4 is 5.32 Å². The molecule has 1 unspecified atom stereocenters. The number of nitrogens with one attached hydrogen (secondary N) is 1. The Kier molecular flexibility index (Phi) is 6.68. The van der Waals surface area contributed by atoms with Crippen molar-refractivity contribution in [3.05, 3.63) is 20.9 Å². The van der Waals surface area contributed by atoms with E-state index in [2.05, 4.69) is 25.4 Å². The van der Waals surface area contributed by atoms with Crippen LogP contribution in [0.15, 0.2) is 10.2 Å². The van der Waals surface area contributed by atoms with E-state index in [1.807, 2.05) is 0 Å². The number of ether oxygens (including phenoxy) is 1. The molecule has 0 aromatic carbocycles. The minimum absolute atomic E-state index is 0.144. The molecule has 3 atom stereocenters. The minimum Gasteiger partial charge on any atom is -0.444 e. The Morgan fingerprint density at radius 2 is 1.83 bits per heavy atom. The Morgan fingerprint density at radius 1 is 1.26 bits per heavy atom. The first-order valence-electron chi connectivity index (χ1n) is 7.30. The fourth-order valence-electron chi connectivity index (χ4n) is 2.50. The molecule has 0 heterocycles. The van der Waals surface area contributed by atoms with Crippen LogP contribution in [0.5, 0.6) is 0 Å². The lowest BCUT2D eigenvalue weighted by atomic mass is 9.76. The maximum Gasteiger partial charge on any atom is 0.408 e. The van der Waals surface area contributed by atoms with Crippen molar-refractivity contribution in [3.8, 4) is 0 Å². The molecule has 1 N–H and O–H groups in total. The highest BCUT2D eigenvalue weighted by Crippen LogP contribution is 2.29. The van der Waals surface area contributed by atoms with Gasteiger partial charge in [-0.1, -0.05) is 10.2 Å². The van der Waals surface area contributed by atoms with Gasteiger partial charge in [-0.05, 0) is 50.1 Å². The van der Waals surface area contributed by atoms with Gasteiger partial charge in [0.15, 0.2) is 5.78 Å². The molecule has 1 fully saturated rings. The van der Waals surface area contributed by atoms with Gasteiger partial charge in [0.25, 0.3) is 0 Å². The number of nitrogens with zero attached hydrogens (tertiary/aromatic N) is 6. The third kappa shape index (κ3) is 6.46. The van der Waals surface area contributed by atoms with Crippen LogP contribution in [0.3, 0.4) is 0 Å². The zero-order valence-electron chi connectivity index (χ0n) is 13.5. The third-order valence-corrected chi connectivity index (χ3v) is 3.51. The quantitative estimate of drug-likeness (QED) is 0.469. The molecular formula is C13H21N7O3. The lowest BCUT2D eigenvalue weighted by Crippen LogP contribution is -2.49. The average Bonchev–Trinajstić information content (AvgIpc) is 2.43. The topological polar surface area (TPSA) is 153 Å². The zero-order chi connectivity index (χ0) is 17.5. The van der Waals surface area contributed by atoms with Crippen molar-refractivity contribution in [2.45, 2.75) is 45.3 Å². The number of hydrogen-bond donors (Lipinski definition) is 1. The number of carbonyl (C=O) groups excluding carboxylic acids is 2. The molecule has 126 valence electrons. The monoisotopic (exact) mass is 323 g/mol. The van der Waals surface area contributed by atoms with Crippen molar-refractivity contribution in [3.63, 3.8) is 0 Å². The third-order valence-electron chi connectivity index (χ3n) is 3.51. The van der Waals surface area contributed by atoms with Crippen LogP contribution in [0.25, 0.3) is 20.9 Å². The molecule has 1 rings (SSSR count). The first-order valence-corrected chi connectivity index (χ1v) is 7.30. The number of alkyl carbamates (subject to hydrolysis) is 1. The number of amides is 1. The molecule has 1 aliphatic carbocycles. The molecular weight excluding hydrogens is 302 g/mol. The van der Waals surface area contributed by atoms with E-state index in [4.69, 9.17) is 15.8 Å². The summed E-state index contributed by atoms with van der Waals surface area (Å²) in [5, 5.41) is 9.61. The fourth-order valence-corrected chi connectivity index (χ4v) is 2.50. The number of Topliss-reactive ketones (excluding diaryl/α,β-unsaturated/α-hetero) is 1. The normalized spacial score (nSPS) is 24.1. The summed E-state index contributed by atoms with van der Waals surface area (Å²) in [5.41, 5.74) is 16.2. The van der Waals surface area contributed by atoms with Gasteiger partial charge in [0.05, 0.1) is 6.04 Å². The van der Waals surface area contributed by atoms with Crippen LogP contribution >= 0.6 is 0 Å². The van der Waals surface area contributed by atoms with Gasteiger partial charge in [-0.25, -0.2) is 4.79 Å². The fraction of sp³-hybridized carbons (Fsp3) is 0.846. The van der Waals surface area contributed by atoms with Crippen LogP contribution in [0.1, 0.15) is 33.6 Å². The zero-order valence-corrected chi connectivity index (χ0v) is 13.5. The Hall–Kier alpha value is -2.44. The highest BCUT2D eigenvalue weighted by Gasteiger charge is 2.36. The lowest BCUT2D eigenvalue weighted by molar-refractivity contribution is -0.125. The highest BCUT2D eigenvalue weighted by atomic mass is 16.6. The van der Waals surface area contributed by atoms with Crippen LogP contribution in [0.2, 0.25) is 0 Å². The van der Waals surface area contributed by atoms with E-state index in [0.29, 0.717) is 6.42 Å². The summed E-state index contributed by atoms with van der Waals surface area (Å²) in [6, 6.07) is -0.689. The van der Waals surface area contributed by atoms with Gasteiger partial charge in [0.2, 0.25) is 0 Å². The molecule has 1 amide bonds. The summed E-state index contributed by atoms with van der Waals surface area (Å²) in [6.07, 6.45) is -0.180. The van der Waals surface area contributed by atoms with Crippen molar-refractivity contribution in [1.29, 1.82) is 0 Å². The standard InChI is InChI=1S/C13H21N7O3/c1-13(2,3)23-12(22)18-10-4-8(6-16-19-14)9(5-11(10)21)7-17-20-15/h8-10H,4-7H2,1-3H3,(H,18,22)/t8-,9-,10?/m0/s1. The summed E-state index contributed by atoms with van der Waals surface area (Å²) in [5.74, 6) is -0.485. The Balaban J connectivity index is 2.75. The number of rotatable bonds is 5. The van der Waals surface area contributed by atoms with Crippen LogP contribution in [-0.4, -0.2) is 36.6 Å². The molecule has 0 radical (unpaired) electrons. The minimum atomic E-state index is -0.689. The average molecular weight is 323 g/mol. The maximum absolute atomic E-state index is 12.2. The van der Waals surface area contributed by atoms with E-state index >= 15 is 0 Å². The highest BCUT2D eigenvalue weighted by molar-refractivity contribution is 5.88. The van der Waals surface area contributed by atoms with Gasteiger partial charge in [-0.2, -0.15) is 0 Å². The molecule has 0 aliphatic heterocycles. The second-order valence-corrected chi connectivity index (χ2v) is 6.45. The molecule has 0 spiro atoms. The first kappa shape index (κ1) is 18.6. The predicted molar refractivity (Wildman–Crippen MR) is 82.4 cm³/mol. The summed E-state index contributed by atoms with van der Waals surface area (Å²) >= 11 is 0. The van der Waals surface area contributed by atoms with E-state index in [0.717, 1.165) is 0 Å². The SMILES string of the molecule is CC(C)(C)OC(=O)NC1C[C@@H](CN=[N+]=[N-])[C@H](CN=[N+]=[N-])CC1=O. The van der Waals surface area contributed by atoms with Crippen molar-refractivity contribution >= 4 is 11.9 Å². The Bertz CT molecular complexity index is 544. The molecule has 0 saturated heterocycles. The number of ketones is 1. The second-order valence-electron chi connectivity index (χ2n) is 6.45. The van der Waals surface area contributed by atoms with Crippen molar-refractivity contribution in [2.75, 3.05) is 13.1 Å². The van der Waals surface area contributed by atoms with E-state index in [9.17, 15) is 9.59 Å². The molecule has 1 saturated carbocycles. The number of azide groups is 2. The van der Waals surface area contributed by atoms with Crippen LogP contribution in [0, 0.1) is 11.8 Å². The number of hydrogen-bond acceptors (Lipinski definition) is 5. The molecule has 10 heteroatoms. The smallest absolute Gasteiger partial charge is 0.408 e. The van der Waals surface area contributed by atoms with Gasteiger partial charge in [-0.3, -0.25) is 4.79 Å². The molecule has 0 aromatic rings. The summed E-state index contributed by atoms with van der Waals surface area (Å²) < 4.78 is 5.15. The maximum atomic E-state index is 12.2. The predicted octanol–water partition coefficient (Wildman–Crippen LogP) is 3.10. The van der Waals surface area contributed by atoms with Gasteiger partial charge < -0.3 is 10.1 Å². The van der Waals surface area contributed by atoms with Gasteiger partial charge in [-0.15, -0.1) is 0 Å².